The minimum absolute atomic E-state index is 0.715. The number of rotatable bonds is 5. The highest BCUT2D eigenvalue weighted by atomic mass is 14.9. The second-order valence-electron chi connectivity index (χ2n) is 3.72. The van der Waals surface area contributed by atoms with Crippen LogP contribution in [0.25, 0.3) is 0 Å². The summed E-state index contributed by atoms with van der Waals surface area (Å²) in [6, 6.07) is 6.61. The van der Waals surface area contributed by atoms with E-state index in [2.05, 4.69) is 37.4 Å². The molecule has 0 heterocycles. The Labute approximate surface area is 86.5 Å². The van der Waals surface area contributed by atoms with Crippen LogP contribution < -0.4 is 11.1 Å². The van der Waals surface area contributed by atoms with Crippen LogP contribution in [0.15, 0.2) is 18.2 Å². The van der Waals surface area contributed by atoms with Crippen molar-refractivity contribution in [2.24, 2.45) is 5.73 Å². The van der Waals surface area contributed by atoms with Crippen molar-refractivity contribution in [3.05, 3.63) is 34.9 Å². The van der Waals surface area contributed by atoms with E-state index < -0.39 is 0 Å². The average molecular weight is 192 g/mol. The van der Waals surface area contributed by atoms with Gasteiger partial charge in [0.15, 0.2) is 0 Å². The van der Waals surface area contributed by atoms with Gasteiger partial charge in [-0.2, -0.15) is 0 Å². The quantitative estimate of drug-likeness (QED) is 0.692. The van der Waals surface area contributed by atoms with E-state index in [1.54, 1.807) is 0 Å². The normalized spacial score (nSPS) is 10.5. The Balaban J connectivity index is 2.45. The monoisotopic (exact) mass is 192 g/mol. The second kappa shape index (κ2) is 5.78. The lowest BCUT2D eigenvalue weighted by molar-refractivity contribution is 0.687. The van der Waals surface area contributed by atoms with Crippen molar-refractivity contribution in [1.82, 2.24) is 5.32 Å². The third kappa shape index (κ3) is 3.48. The van der Waals surface area contributed by atoms with E-state index in [0.29, 0.717) is 6.54 Å². The zero-order valence-corrected chi connectivity index (χ0v) is 9.14. The molecule has 2 nitrogen and oxygen atoms in total. The summed E-state index contributed by atoms with van der Waals surface area (Å²) in [5.74, 6) is 0. The molecule has 1 rings (SSSR count). The molecule has 0 radical (unpaired) electrons. The Bertz CT molecular complexity index is 282. The van der Waals surface area contributed by atoms with E-state index in [4.69, 9.17) is 5.73 Å². The van der Waals surface area contributed by atoms with E-state index in [9.17, 15) is 0 Å². The molecule has 0 aliphatic rings. The van der Waals surface area contributed by atoms with Crippen LogP contribution in [0.2, 0.25) is 0 Å². The first-order chi connectivity index (χ1) is 6.74. The van der Waals surface area contributed by atoms with Crippen LogP contribution in [-0.2, 0) is 6.42 Å². The van der Waals surface area contributed by atoms with Gasteiger partial charge in [-0.15, -0.1) is 0 Å². The van der Waals surface area contributed by atoms with Crippen LogP contribution in [0, 0.1) is 13.8 Å². The SMILES string of the molecule is Cc1ccc(C)c(CCNCCN)c1. The van der Waals surface area contributed by atoms with Gasteiger partial charge < -0.3 is 11.1 Å². The second-order valence-corrected chi connectivity index (χ2v) is 3.72. The maximum Gasteiger partial charge on any atom is 0.00746 e. The molecule has 0 fully saturated rings. The highest BCUT2D eigenvalue weighted by Gasteiger charge is 1.97. The maximum absolute atomic E-state index is 5.40. The summed E-state index contributed by atoms with van der Waals surface area (Å²) < 4.78 is 0. The van der Waals surface area contributed by atoms with Crippen LogP contribution >= 0.6 is 0 Å². The van der Waals surface area contributed by atoms with Gasteiger partial charge in [-0.05, 0) is 37.9 Å². The summed E-state index contributed by atoms with van der Waals surface area (Å²) in [5, 5.41) is 3.31. The summed E-state index contributed by atoms with van der Waals surface area (Å²) in [6.07, 6.45) is 1.09. The fourth-order valence-electron chi connectivity index (χ4n) is 1.52. The van der Waals surface area contributed by atoms with Gasteiger partial charge in [0.1, 0.15) is 0 Å². The summed E-state index contributed by atoms with van der Waals surface area (Å²) in [4.78, 5) is 0. The predicted octanol–water partition coefficient (Wildman–Crippen LogP) is 1.39. The van der Waals surface area contributed by atoms with Gasteiger partial charge in [0.05, 0.1) is 0 Å². The van der Waals surface area contributed by atoms with E-state index >= 15 is 0 Å². The van der Waals surface area contributed by atoms with E-state index in [1.165, 1.54) is 16.7 Å². The van der Waals surface area contributed by atoms with Crippen molar-refractivity contribution in [3.8, 4) is 0 Å². The van der Waals surface area contributed by atoms with Crippen LogP contribution in [0.5, 0.6) is 0 Å². The molecule has 0 amide bonds. The first-order valence-electron chi connectivity index (χ1n) is 5.21. The minimum Gasteiger partial charge on any atom is -0.329 e. The molecule has 2 heteroatoms. The molecule has 0 unspecified atom stereocenters. The Morgan fingerprint density at radius 2 is 2.00 bits per heavy atom. The molecule has 1 aromatic rings. The maximum atomic E-state index is 5.40. The first kappa shape index (κ1) is 11.2. The topological polar surface area (TPSA) is 38.0 Å². The molecule has 0 atom stereocenters. The Morgan fingerprint density at radius 3 is 2.71 bits per heavy atom. The molecular weight excluding hydrogens is 172 g/mol. The fraction of sp³-hybridized carbons (Fsp3) is 0.500. The Hall–Kier alpha value is -0.860. The number of hydrogen-bond donors (Lipinski definition) is 2. The van der Waals surface area contributed by atoms with Gasteiger partial charge in [0, 0.05) is 13.1 Å². The third-order valence-corrected chi connectivity index (χ3v) is 2.40. The molecule has 0 saturated carbocycles. The van der Waals surface area contributed by atoms with Crippen molar-refractivity contribution < 1.29 is 0 Å². The first-order valence-corrected chi connectivity index (χ1v) is 5.21. The van der Waals surface area contributed by atoms with Crippen molar-refractivity contribution in [2.75, 3.05) is 19.6 Å². The van der Waals surface area contributed by atoms with Crippen LogP contribution in [0.3, 0.4) is 0 Å². The highest BCUT2D eigenvalue weighted by molar-refractivity contribution is 5.30. The smallest absolute Gasteiger partial charge is 0.00746 e. The molecule has 1 aromatic carbocycles. The molecule has 78 valence electrons. The third-order valence-electron chi connectivity index (χ3n) is 2.40. The van der Waals surface area contributed by atoms with E-state index in [-0.39, 0.29) is 0 Å². The van der Waals surface area contributed by atoms with E-state index in [1.807, 2.05) is 0 Å². The minimum atomic E-state index is 0.715. The summed E-state index contributed by atoms with van der Waals surface area (Å²) in [6.45, 7) is 6.94. The van der Waals surface area contributed by atoms with Crippen molar-refractivity contribution in [1.29, 1.82) is 0 Å². The molecule has 0 aliphatic carbocycles. The van der Waals surface area contributed by atoms with Crippen LogP contribution in [-0.4, -0.2) is 19.6 Å². The highest BCUT2D eigenvalue weighted by Crippen LogP contribution is 2.10. The zero-order chi connectivity index (χ0) is 10.4. The van der Waals surface area contributed by atoms with Crippen LogP contribution in [0.1, 0.15) is 16.7 Å². The lowest BCUT2D eigenvalue weighted by atomic mass is 10.0. The predicted molar refractivity (Wildman–Crippen MR) is 61.5 cm³/mol. The van der Waals surface area contributed by atoms with Gasteiger partial charge in [-0.3, -0.25) is 0 Å². The van der Waals surface area contributed by atoms with E-state index in [0.717, 1.165) is 19.5 Å². The molecular formula is C12H20N2. The number of nitrogens with one attached hydrogen (secondary N) is 1. The van der Waals surface area contributed by atoms with Crippen molar-refractivity contribution >= 4 is 0 Å². The lowest BCUT2D eigenvalue weighted by Gasteiger charge is -2.07. The molecule has 0 aliphatic heterocycles. The van der Waals surface area contributed by atoms with Gasteiger partial charge in [-0.1, -0.05) is 23.8 Å². The number of aryl methyl sites for hydroxylation is 2. The molecule has 0 bridgehead atoms. The number of benzene rings is 1. The van der Waals surface area contributed by atoms with Gasteiger partial charge >= 0.3 is 0 Å². The molecule has 3 N–H and O–H groups in total. The van der Waals surface area contributed by atoms with Gasteiger partial charge in [0.25, 0.3) is 0 Å². The largest absolute Gasteiger partial charge is 0.329 e. The number of nitrogens with two attached hydrogens (primary N) is 1. The van der Waals surface area contributed by atoms with Gasteiger partial charge in [-0.25, -0.2) is 0 Å². The number of hydrogen-bond acceptors (Lipinski definition) is 2. The van der Waals surface area contributed by atoms with Crippen molar-refractivity contribution in [3.63, 3.8) is 0 Å². The van der Waals surface area contributed by atoms with Crippen molar-refractivity contribution in [2.45, 2.75) is 20.3 Å². The summed E-state index contributed by atoms with van der Waals surface area (Å²) in [5.41, 5.74) is 9.56. The summed E-state index contributed by atoms with van der Waals surface area (Å²) >= 11 is 0. The zero-order valence-electron chi connectivity index (χ0n) is 9.14. The van der Waals surface area contributed by atoms with Gasteiger partial charge in [0.2, 0.25) is 0 Å². The standard InChI is InChI=1S/C12H20N2/c1-10-3-4-11(2)12(9-10)5-7-14-8-6-13/h3-4,9,14H,5-8,13H2,1-2H3. The van der Waals surface area contributed by atoms with Crippen LogP contribution in [0.4, 0.5) is 0 Å². The average Bonchev–Trinajstić information content (AvgIpc) is 2.18. The molecule has 14 heavy (non-hydrogen) atoms. The molecule has 0 aromatic heterocycles. The Morgan fingerprint density at radius 1 is 1.21 bits per heavy atom. The lowest BCUT2D eigenvalue weighted by Crippen LogP contribution is -2.24. The summed E-state index contributed by atoms with van der Waals surface area (Å²) in [7, 11) is 0. The Kier molecular flexibility index (Phi) is 4.63. The molecule has 0 spiro atoms. The fourth-order valence-corrected chi connectivity index (χ4v) is 1.52. The molecule has 0 saturated heterocycles.